The van der Waals surface area contributed by atoms with Gasteiger partial charge in [-0.2, -0.15) is 0 Å². The highest BCUT2D eigenvalue weighted by Gasteiger charge is 2.14. The van der Waals surface area contributed by atoms with Gasteiger partial charge in [0.2, 0.25) is 11.0 Å². The summed E-state index contributed by atoms with van der Waals surface area (Å²) in [6.45, 7) is 2.42. The van der Waals surface area contributed by atoms with Gasteiger partial charge in [-0.25, -0.2) is 0 Å². The van der Waals surface area contributed by atoms with Crippen LogP contribution in [0.2, 0.25) is 0 Å². The number of aromatic nitrogens is 2. The first-order valence-corrected chi connectivity index (χ1v) is 5.84. The molecule has 1 amide bonds. The van der Waals surface area contributed by atoms with Gasteiger partial charge in [-0.05, 0) is 21.0 Å². The fraction of sp³-hybridized carbons (Fsp3) is 0.667. The first kappa shape index (κ1) is 12.9. The van der Waals surface area contributed by atoms with Gasteiger partial charge in [-0.15, -0.1) is 10.2 Å². The van der Waals surface area contributed by atoms with Gasteiger partial charge in [-0.3, -0.25) is 9.69 Å². The quantitative estimate of drug-likeness (QED) is 0.743. The number of nitrogens with one attached hydrogen (secondary N) is 1. The van der Waals surface area contributed by atoms with Gasteiger partial charge in [0, 0.05) is 13.0 Å². The van der Waals surface area contributed by atoms with Crippen LogP contribution >= 0.6 is 11.3 Å². The summed E-state index contributed by atoms with van der Waals surface area (Å²) in [6, 6.07) is -0.125. The van der Waals surface area contributed by atoms with Crippen molar-refractivity contribution in [2.45, 2.75) is 19.4 Å². The van der Waals surface area contributed by atoms with E-state index in [2.05, 4.69) is 15.5 Å². The summed E-state index contributed by atoms with van der Waals surface area (Å²) >= 11 is 1.35. The summed E-state index contributed by atoms with van der Waals surface area (Å²) in [5.41, 5.74) is 5.45. The summed E-state index contributed by atoms with van der Waals surface area (Å²) in [7, 11) is 3.74. The minimum Gasteiger partial charge on any atom is -0.374 e. The Morgan fingerprint density at radius 2 is 2.25 bits per heavy atom. The Labute approximate surface area is 98.8 Å². The van der Waals surface area contributed by atoms with Gasteiger partial charge in [0.15, 0.2) is 0 Å². The van der Waals surface area contributed by atoms with Crippen LogP contribution in [-0.2, 0) is 11.2 Å². The van der Waals surface area contributed by atoms with Crippen molar-refractivity contribution in [2.24, 2.45) is 0 Å². The molecule has 7 heteroatoms. The van der Waals surface area contributed by atoms with E-state index in [9.17, 15) is 4.79 Å². The molecule has 1 aromatic rings. The molecule has 1 atom stereocenters. The third-order valence-corrected chi connectivity index (χ3v) is 3.09. The molecule has 90 valence electrons. The van der Waals surface area contributed by atoms with Crippen molar-refractivity contribution in [1.82, 2.24) is 20.4 Å². The number of amides is 1. The molecule has 0 saturated carbocycles. The molecule has 3 N–H and O–H groups in total. The lowest BCUT2D eigenvalue weighted by molar-refractivity contribution is -0.124. The number of nitrogens with two attached hydrogens (primary N) is 1. The van der Waals surface area contributed by atoms with E-state index >= 15 is 0 Å². The predicted octanol–water partition coefficient (Wildman–Crippen LogP) is -0.271. The van der Waals surface area contributed by atoms with E-state index < -0.39 is 0 Å². The Morgan fingerprint density at radius 1 is 1.56 bits per heavy atom. The maximum Gasteiger partial charge on any atom is 0.237 e. The van der Waals surface area contributed by atoms with Crippen LogP contribution in [0.25, 0.3) is 0 Å². The lowest BCUT2D eigenvalue weighted by atomic mass is 10.3. The van der Waals surface area contributed by atoms with Crippen LogP contribution in [0.3, 0.4) is 0 Å². The SMILES string of the molecule is C[C@@H](C(=O)NCCc1nnc(N)s1)N(C)C. The summed E-state index contributed by atoms with van der Waals surface area (Å²) in [5.74, 6) is 0.0162. The van der Waals surface area contributed by atoms with E-state index in [1.54, 1.807) is 0 Å². The summed E-state index contributed by atoms with van der Waals surface area (Å²) in [5, 5.41) is 11.7. The third-order valence-electron chi connectivity index (χ3n) is 2.27. The van der Waals surface area contributed by atoms with Crippen LogP contribution in [-0.4, -0.2) is 47.7 Å². The molecule has 0 fully saturated rings. The summed E-state index contributed by atoms with van der Waals surface area (Å²) in [6.07, 6.45) is 0.667. The molecule has 0 radical (unpaired) electrons. The van der Waals surface area contributed by atoms with Gasteiger partial charge < -0.3 is 11.1 Å². The van der Waals surface area contributed by atoms with Crippen molar-refractivity contribution >= 4 is 22.4 Å². The normalized spacial score (nSPS) is 12.8. The van der Waals surface area contributed by atoms with E-state index in [0.717, 1.165) is 5.01 Å². The zero-order valence-corrected chi connectivity index (χ0v) is 10.5. The molecule has 0 aliphatic heterocycles. The maximum absolute atomic E-state index is 11.6. The molecule has 6 nitrogen and oxygen atoms in total. The number of rotatable bonds is 5. The highest BCUT2D eigenvalue weighted by atomic mass is 32.1. The second-order valence-electron chi connectivity index (χ2n) is 3.71. The van der Waals surface area contributed by atoms with Gasteiger partial charge in [0.25, 0.3) is 0 Å². The second kappa shape index (κ2) is 5.76. The monoisotopic (exact) mass is 243 g/mol. The zero-order chi connectivity index (χ0) is 12.1. The van der Waals surface area contributed by atoms with Crippen molar-refractivity contribution in [3.8, 4) is 0 Å². The summed E-state index contributed by atoms with van der Waals surface area (Å²) < 4.78 is 0. The van der Waals surface area contributed by atoms with Crippen LogP contribution in [0.5, 0.6) is 0 Å². The van der Waals surface area contributed by atoms with Crippen molar-refractivity contribution in [3.63, 3.8) is 0 Å². The molecular weight excluding hydrogens is 226 g/mol. The number of hydrogen-bond acceptors (Lipinski definition) is 6. The molecule has 0 bridgehead atoms. The van der Waals surface area contributed by atoms with Crippen molar-refractivity contribution < 1.29 is 4.79 Å². The highest BCUT2D eigenvalue weighted by Crippen LogP contribution is 2.10. The number of carbonyl (C=O) groups is 1. The Balaban J connectivity index is 2.28. The number of carbonyl (C=O) groups excluding carboxylic acids is 1. The molecule has 0 spiro atoms. The molecule has 16 heavy (non-hydrogen) atoms. The average molecular weight is 243 g/mol. The minimum atomic E-state index is -0.125. The van der Waals surface area contributed by atoms with E-state index in [4.69, 9.17) is 5.73 Å². The van der Waals surface area contributed by atoms with E-state index in [-0.39, 0.29) is 11.9 Å². The maximum atomic E-state index is 11.6. The average Bonchev–Trinajstić information content (AvgIpc) is 2.62. The van der Waals surface area contributed by atoms with Gasteiger partial charge >= 0.3 is 0 Å². The Hall–Kier alpha value is -1.21. The smallest absolute Gasteiger partial charge is 0.237 e. The number of hydrogen-bond donors (Lipinski definition) is 2. The Morgan fingerprint density at radius 3 is 2.75 bits per heavy atom. The number of anilines is 1. The number of likely N-dealkylation sites (N-methyl/N-ethyl adjacent to an activating group) is 1. The second-order valence-corrected chi connectivity index (χ2v) is 4.81. The molecule has 1 heterocycles. The predicted molar refractivity (Wildman–Crippen MR) is 64.2 cm³/mol. The van der Waals surface area contributed by atoms with Crippen LogP contribution < -0.4 is 11.1 Å². The van der Waals surface area contributed by atoms with Gasteiger partial charge in [0.05, 0.1) is 6.04 Å². The first-order chi connectivity index (χ1) is 7.50. The zero-order valence-electron chi connectivity index (χ0n) is 9.73. The largest absolute Gasteiger partial charge is 0.374 e. The minimum absolute atomic E-state index is 0.0162. The number of nitrogens with zero attached hydrogens (tertiary/aromatic N) is 3. The Bertz CT molecular complexity index is 351. The molecular formula is C9H17N5OS. The summed E-state index contributed by atoms with van der Waals surface area (Å²) in [4.78, 5) is 13.4. The molecule has 1 aromatic heterocycles. The van der Waals surface area contributed by atoms with Gasteiger partial charge in [0.1, 0.15) is 5.01 Å². The van der Waals surface area contributed by atoms with Crippen molar-refractivity contribution in [1.29, 1.82) is 0 Å². The standard InChI is InChI=1S/C9H17N5OS/c1-6(14(2)3)8(15)11-5-4-7-12-13-9(10)16-7/h6H,4-5H2,1-3H3,(H2,10,13)(H,11,15)/t6-/m0/s1. The lowest BCUT2D eigenvalue weighted by Gasteiger charge is -2.18. The van der Waals surface area contributed by atoms with E-state index in [1.165, 1.54) is 11.3 Å². The topological polar surface area (TPSA) is 84.1 Å². The Kier molecular flexibility index (Phi) is 4.63. The molecule has 0 saturated heterocycles. The fourth-order valence-electron chi connectivity index (χ4n) is 1.04. The van der Waals surface area contributed by atoms with Crippen molar-refractivity contribution in [3.05, 3.63) is 5.01 Å². The molecule has 1 rings (SSSR count). The van der Waals surface area contributed by atoms with Gasteiger partial charge in [-0.1, -0.05) is 11.3 Å². The molecule has 0 aromatic carbocycles. The van der Waals surface area contributed by atoms with Crippen LogP contribution in [0.4, 0.5) is 5.13 Å². The third kappa shape index (κ3) is 3.74. The fourth-order valence-corrected chi connectivity index (χ4v) is 1.65. The first-order valence-electron chi connectivity index (χ1n) is 5.02. The van der Waals surface area contributed by atoms with Crippen LogP contribution in [0.1, 0.15) is 11.9 Å². The number of nitrogen functional groups attached to an aromatic ring is 1. The lowest BCUT2D eigenvalue weighted by Crippen LogP contribution is -2.42. The van der Waals surface area contributed by atoms with Crippen molar-refractivity contribution in [2.75, 3.05) is 26.4 Å². The van der Waals surface area contributed by atoms with E-state index in [0.29, 0.717) is 18.1 Å². The molecule has 0 unspecified atom stereocenters. The highest BCUT2D eigenvalue weighted by molar-refractivity contribution is 7.15. The molecule has 0 aliphatic rings. The van der Waals surface area contributed by atoms with E-state index in [1.807, 2.05) is 25.9 Å². The van der Waals surface area contributed by atoms with Crippen LogP contribution in [0.15, 0.2) is 0 Å². The molecule has 0 aliphatic carbocycles. The van der Waals surface area contributed by atoms with Crippen LogP contribution in [0, 0.1) is 0 Å².